The quantitative estimate of drug-likeness (QED) is 0.737. The standard InChI is InChI=1S/C9H11BrF2S/c1-2-3-6-9(11,12)7-4-5-8(10)13-7/h4-5H,2-3,6H2,1H3. The van der Waals surface area contributed by atoms with Crippen molar-refractivity contribution >= 4 is 27.3 Å². The predicted octanol–water partition coefficient (Wildman–Crippen LogP) is 4.79. The zero-order valence-corrected chi connectivity index (χ0v) is 9.72. The highest BCUT2D eigenvalue weighted by Gasteiger charge is 2.31. The molecule has 0 unspecified atom stereocenters. The molecule has 13 heavy (non-hydrogen) atoms. The number of unbranched alkanes of at least 4 members (excludes halogenated alkanes) is 1. The molecule has 0 saturated heterocycles. The second-order valence-corrected chi connectivity index (χ2v) is 5.37. The van der Waals surface area contributed by atoms with Crippen molar-refractivity contribution in [3.63, 3.8) is 0 Å². The Bertz CT molecular complexity index is 270. The molecular weight excluding hydrogens is 258 g/mol. The number of alkyl halides is 2. The van der Waals surface area contributed by atoms with E-state index in [0.717, 1.165) is 21.5 Å². The lowest BCUT2D eigenvalue weighted by atomic mass is 10.1. The van der Waals surface area contributed by atoms with Crippen LogP contribution >= 0.6 is 27.3 Å². The lowest BCUT2D eigenvalue weighted by Gasteiger charge is -2.13. The monoisotopic (exact) mass is 268 g/mol. The summed E-state index contributed by atoms with van der Waals surface area (Å²) < 4.78 is 27.5. The lowest BCUT2D eigenvalue weighted by Crippen LogP contribution is -2.10. The Kier molecular flexibility index (Phi) is 3.86. The van der Waals surface area contributed by atoms with E-state index in [1.807, 2.05) is 6.92 Å². The molecule has 0 N–H and O–H groups in total. The van der Waals surface area contributed by atoms with E-state index in [9.17, 15) is 8.78 Å². The number of halogens is 3. The summed E-state index contributed by atoms with van der Waals surface area (Å²) in [6.07, 6.45) is 1.33. The number of rotatable bonds is 4. The van der Waals surface area contributed by atoms with Crippen LogP contribution in [0.5, 0.6) is 0 Å². The van der Waals surface area contributed by atoms with Crippen molar-refractivity contribution in [3.8, 4) is 0 Å². The van der Waals surface area contributed by atoms with Crippen molar-refractivity contribution in [2.24, 2.45) is 0 Å². The molecule has 0 fully saturated rings. The number of hydrogen-bond acceptors (Lipinski definition) is 1. The fourth-order valence-electron chi connectivity index (χ4n) is 1.03. The Labute approximate surface area is 89.1 Å². The first-order valence-corrected chi connectivity index (χ1v) is 5.81. The maximum Gasteiger partial charge on any atom is 0.282 e. The van der Waals surface area contributed by atoms with Gasteiger partial charge < -0.3 is 0 Å². The zero-order chi connectivity index (χ0) is 9.90. The summed E-state index contributed by atoms with van der Waals surface area (Å²) in [7, 11) is 0. The van der Waals surface area contributed by atoms with Crippen LogP contribution in [0, 0.1) is 0 Å². The Balaban J connectivity index is 2.68. The molecule has 0 nitrogen and oxygen atoms in total. The van der Waals surface area contributed by atoms with Gasteiger partial charge in [-0.2, -0.15) is 0 Å². The highest BCUT2D eigenvalue weighted by molar-refractivity contribution is 9.11. The van der Waals surface area contributed by atoms with Crippen molar-refractivity contribution < 1.29 is 8.78 Å². The summed E-state index contributed by atoms with van der Waals surface area (Å²) in [5.74, 6) is -2.65. The van der Waals surface area contributed by atoms with E-state index in [2.05, 4.69) is 15.9 Å². The summed E-state index contributed by atoms with van der Waals surface area (Å²) in [6.45, 7) is 1.92. The Morgan fingerprint density at radius 3 is 2.62 bits per heavy atom. The molecular formula is C9H11BrF2S. The van der Waals surface area contributed by atoms with Gasteiger partial charge >= 0.3 is 0 Å². The van der Waals surface area contributed by atoms with E-state index >= 15 is 0 Å². The first-order valence-electron chi connectivity index (χ1n) is 4.20. The second kappa shape index (κ2) is 4.51. The minimum atomic E-state index is -2.65. The maximum atomic E-state index is 13.3. The molecule has 1 aromatic rings. The van der Waals surface area contributed by atoms with Gasteiger partial charge in [-0.1, -0.05) is 13.3 Å². The summed E-state index contributed by atoms with van der Waals surface area (Å²) in [4.78, 5) is 0.160. The van der Waals surface area contributed by atoms with Gasteiger partial charge in [0.25, 0.3) is 5.92 Å². The van der Waals surface area contributed by atoms with Crippen LogP contribution in [0.3, 0.4) is 0 Å². The predicted molar refractivity (Wildman–Crippen MR) is 55.4 cm³/mol. The van der Waals surface area contributed by atoms with Gasteiger partial charge in [0.2, 0.25) is 0 Å². The number of thiophene rings is 1. The fourth-order valence-corrected chi connectivity index (χ4v) is 2.42. The minimum Gasteiger partial charge on any atom is -0.200 e. The highest BCUT2D eigenvalue weighted by Crippen LogP contribution is 2.38. The van der Waals surface area contributed by atoms with Crippen molar-refractivity contribution in [2.45, 2.75) is 32.1 Å². The van der Waals surface area contributed by atoms with Gasteiger partial charge in [0.05, 0.1) is 8.66 Å². The van der Waals surface area contributed by atoms with E-state index in [4.69, 9.17) is 0 Å². The van der Waals surface area contributed by atoms with Crippen molar-refractivity contribution in [2.75, 3.05) is 0 Å². The Morgan fingerprint density at radius 2 is 2.15 bits per heavy atom. The molecule has 0 saturated carbocycles. The van der Waals surface area contributed by atoms with Gasteiger partial charge in [0.15, 0.2) is 0 Å². The normalized spacial score (nSPS) is 12.0. The van der Waals surface area contributed by atoms with E-state index in [1.54, 1.807) is 6.07 Å². The smallest absolute Gasteiger partial charge is 0.200 e. The second-order valence-electron chi connectivity index (χ2n) is 2.91. The molecule has 1 rings (SSSR count). The molecule has 0 aromatic carbocycles. The molecule has 4 heteroatoms. The molecule has 74 valence electrons. The van der Waals surface area contributed by atoms with Gasteiger partial charge in [-0.05, 0) is 34.5 Å². The third kappa shape index (κ3) is 3.02. The molecule has 1 heterocycles. The SMILES string of the molecule is CCCCC(F)(F)c1ccc(Br)s1. The molecule has 0 aliphatic rings. The summed E-state index contributed by atoms with van der Waals surface area (Å²) in [5, 5.41) is 0. The lowest BCUT2D eigenvalue weighted by molar-refractivity contribution is -0.0116. The van der Waals surface area contributed by atoms with Crippen LogP contribution in [-0.2, 0) is 5.92 Å². The maximum absolute atomic E-state index is 13.3. The van der Waals surface area contributed by atoms with Gasteiger partial charge in [-0.25, -0.2) is 8.78 Å². The first kappa shape index (κ1) is 11.1. The van der Waals surface area contributed by atoms with E-state index < -0.39 is 5.92 Å². The van der Waals surface area contributed by atoms with Crippen LogP contribution in [0.4, 0.5) is 8.78 Å². The molecule has 0 aliphatic heterocycles. The van der Waals surface area contributed by atoms with E-state index in [0.29, 0.717) is 6.42 Å². The van der Waals surface area contributed by atoms with Gasteiger partial charge in [0.1, 0.15) is 0 Å². The van der Waals surface area contributed by atoms with Crippen molar-refractivity contribution in [1.29, 1.82) is 0 Å². The topological polar surface area (TPSA) is 0 Å². The highest BCUT2D eigenvalue weighted by atomic mass is 79.9. The summed E-state index contributed by atoms with van der Waals surface area (Å²) in [6, 6.07) is 3.16. The molecule has 0 radical (unpaired) electrons. The Morgan fingerprint density at radius 1 is 1.46 bits per heavy atom. The third-order valence-electron chi connectivity index (χ3n) is 1.78. The van der Waals surface area contributed by atoms with Crippen molar-refractivity contribution in [3.05, 3.63) is 20.8 Å². The number of hydrogen-bond donors (Lipinski definition) is 0. The average Bonchev–Trinajstić information content (AvgIpc) is 2.49. The van der Waals surface area contributed by atoms with Crippen LogP contribution in [0.2, 0.25) is 0 Å². The summed E-state index contributed by atoms with van der Waals surface area (Å²) in [5.41, 5.74) is 0. The van der Waals surface area contributed by atoms with Crippen LogP contribution in [0.25, 0.3) is 0 Å². The minimum absolute atomic E-state index is 0.0452. The van der Waals surface area contributed by atoms with E-state index in [1.165, 1.54) is 6.07 Å². The van der Waals surface area contributed by atoms with Crippen molar-refractivity contribution in [1.82, 2.24) is 0 Å². The van der Waals surface area contributed by atoms with Gasteiger partial charge in [0, 0.05) is 6.42 Å². The van der Waals surface area contributed by atoms with Crippen LogP contribution < -0.4 is 0 Å². The molecule has 0 spiro atoms. The third-order valence-corrected chi connectivity index (χ3v) is 3.51. The van der Waals surface area contributed by atoms with E-state index in [-0.39, 0.29) is 11.3 Å². The largest absolute Gasteiger partial charge is 0.282 e. The first-order chi connectivity index (χ1) is 6.06. The molecule has 0 atom stereocenters. The zero-order valence-electron chi connectivity index (χ0n) is 7.32. The summed E-state index contributed by atoms with van der Waals surface area (Å²) >= 11 is 4.29. The fraction of sp³-hybridized carbons (Fsp3) is 0.556. The van der Waals surface area contributed by atoms with Crippen LogP contribution in [0.15, 0.2) is 15.9 Å². The van der Waals surface area contributed by atoms with Crippen LogP contribution in [-0.4, -0.2) is 0 Å². The Hall–Kier alpha value is 0.0400. The van der Waals surface area contributed by atoms with Crippen LogP contribution in [0.1, 0.15) is 31.1 Å². The average molecular weight is 269 g/mol. The van der Waals surface area contributed by atoms with Gasteiger partial charge in [-0.15, -0.1) is 11.3 Å². The molecule has 0 amide bonds. The molecule has 1 aromatic heterocycles. The molecule has 0 aliphatic carbocycles. The molecule has 0 bridgehead atoms. The van der Waals surface area contributed by atoms with Gasteiger partial charge in [-0.3, -0.25) is 0 Å².